The number of hydrogen-bond acceptors (Lipinski definition) is 4. The van der Waals surface area contributed by atoms with Crippen LogP contribution in [0, 0.1) is 29.0 Å². The van der Waals surface area contributed by atoms with Gasteiger partial charge in [-0.25, -0.2) is 9.11 Å². The summed E-state index contributed by atoms with van der Waals surface area (Å²) in [4.78, 5) is 12.3. The number of ether oxygens (including phenoxy) is 1. The third kappa shape index (κ3) is 3.33. The molecule has 1 aromatic rings. The van der Waals surface area contributed by atoms with Crippen molar-refractivity contribution in [2.75, 3.05) is 19.7 Å². The van der Waals surface area contributed by atoms with Gasteiger partial charge in [-0.3, -0.25) is 4.79 Å². The second-order valence-electron chi connectivity index (χ2n) is 9.15. The number of carbonyl (C=O) groups is 1. The highest BCUT2D eigenvalue weighted by molar-refractivity contribution is 7.87. The number of carbonyl (C=O) groups excluding carboxylic acids is 1. The van der Waals surface area contributed by atoms with Crippen LogP contribution in [0.1, 0.15) is 48.9 Å². The molecule has 158 valence electrons. The lowest BCUT2D eigenvalue weighted by Gasteiger charge is -2.32. The van der Waals surface area contributed by atoms with Gasteiger partial charge in [0.2, 0.25) is 0 Å². The van der Waals surface area contributed by atoms with E-state index in [9.17, 15) is 17.6 Å². The van der Waals surface area contributed by atoms with Gasteiger partial charge in [0.05, 0.1) is 17.2 Å². The summed E-state index contributed by atoms with van der Waals surface area (Å²) in [5.41, 5.74) is -0.236. The van der Waals surface area contributed by atoms with Crippen LogP contribution in [0.2, 0.25) is 5.02 Å². The van der Waals surface area contributed by atoms with E-state index in [1.807, 2.05) is 4.72 Å². The van der Waals surface area contributed by atoms with Gasteiger partial charge >= 0.3 is 10.2 Å². The van der Waals surface area contributed by atoms with Gasteiger partial charge in [0.1, 0.15) is 11.6 Å². The standard InChI is InChI=1S/C20H24ClFN2O4S/c21-16-7-15(19(25)23-29(26,27)24-2-1-3-24)17(22)8-18(16)28-11-20-9-12-4-13(10-20)6-14(20)5-12/h7-8,12-14H,1-6,9-11H2,(H,23,25). The number of amides is 1. The molecule has 1 N–H and O–H groups in total. The molecule has 5 fully saturated rings. The van der Waals surface area contributed by atoms with Crippen molar-refractivity contribution in [3.05, 3.63) is 28.5 Å². The fraction of sp³-hybridized carbons (Fsp3) is 0.650. The van der Waals surface area contributed by atoms with Crippen LogP contribution in [-0.4, -0.2) is 38.3 Å². The Hall–Kier alpha value is -1.38. The zero-order valence-corrected chi connectivity index (χ0v) is 17.6. The molecule has 1 aromatic carbocycles. The molecule has 0 aromatic heterocycles. The normalized spacial score (nSPS) is 33.0. The highest BCUT2D eigenvalue weighted by Gasteiger charge is 2.58. The summed E-state index contributed by atoms with van der Waals surface area (Å²) in [6.07, 6.45) is 6.95. The second-order valence-corrected chi connectivity index (χ2v) is 11.2. The molecule has 4 bridgehead atoms. The molecule has 0 radical (unpaired) electrons. The number of halogens is 2. The molecular weight excluding hydrogens is 419 g/mol. The Morgan fingerprint density at radius 3 is 2.55 bits per heavy atom. The molecular formula is C20H24ClFN2O4S. The van der Waals surface area contributed by atoms with E-state index >= 15 is 0 Å². The summed E-state index contributed by atoms with van der Waals surface area (Å²) >= 11 is 6.25. The lowest BCUT2D eigenvalue weighted by molar-refractivity contribution is 0.0972. The molecule has 1 saturated heterocycles. The summed E-state index contributed by atoms with van der Waals surface area (Å²) in [5, 5.41) is 0.104. The first-order chi connectivity index (χ1) is 13.8. The molecule has 1 amide bonds. The Morgan fingerprint density at radius 1 is 1.24 bits per heavy atom. The van der Waals surface area contributed by atoms with Crippen LogP contribution in [-0.2, 0) is 10.2 Å². The lowest BCUT2D eigenvalue weighted by atomic mass is 9.76. The van der Waals surface area contributed by atoms with Crippen LogP contribution in [0.25, 0.3) is 0 Å². The summed E-state index contributed by atoms with van der Waals surface area (Å²) in [5.74, 6) is 0.590. The van der Waals surface area contributed by atoms with Crippen LogP contribution >= 0.6 is 11.6 Å². The Labute approximate surface area is 174 Å². The average Bonchev–Trinajstić information content (AvgIpc) is 2.96. The van der Waals surface area contributed by atoms with Gasteiger partial charge in [-0.05, 0) is 62.3 Å². The first-order valence-corrected chi connectivity index (χ1v) is 12.0. The summed E-state index contributed by atoms with van der Waals surface area (Å²) < 4.78 is 47.7. The van der Waals surface area contributed by atoms with Gasteiger partial charge in [0.15, 0.2) is 0 Å². The van der Waals surface area contributed by atoms with Gasteiger partial charge in [-0.15, -0.1) is 0 Å². The van der Waals surface area contributed by atoms with Crippen molar-refractivity contribution in [3.63, 3.8) is 0 Å². The minimum Gasteiger partial charge on any atom is -0.491 e. The molecule has 2 unspecified atom stereocenters. The Balaban J connectivity index is 1.29. The van der Waals surface area contributed by atoms with E-state index in [2.05, 4.69) is 0 Å². The van der Waals surface area contributed by atoms with Gasteiger partial charge in [-0.2, -0.15) is 12.7 Å². The third-order valence-corrected chi connectivity index (χ3v) is 9.10. The van der Waals surface area contributed by atoms with Crippen LogP contribution in [0.4, 0.5) is 4.39 Å². The van der Waals surface area contributed by atoms with Crippen molar-refractivity contribution in [2.24, 2.45) is 23.2 Å². The molecule has 4 aliphatic carbocycles. The molecule has 0 spiro atoms. The Bertz CT molecular complexity index is 951. The van der Waals surface area contributed by atoms with E-state index in [-0.39, 0.29) is 16.2 Å². The molecule has 4 saturated carbocycles. The second kappa shape index (κ2) is 6.82. The fourth-order valence-corrected chi connectivity index (χ4v) is 7.43. The summed E-state index contributed by atoms with van der Waals surface area (Å²) in [6.45, 7) is 1.21. The van der Waals surface area contributed by atoms with Crippen LogP contribution in [0.3, 0.4) is 0 Å². The predicted octanol–water partition coefficient (Wildman–Crippen LogP) is 3.36. The number of benzene rings is 1. The lowest BCUT2D eigenvalue weighted by Crippen LogP contribution is -2.49. The SMILES string of the molecule is O=C(NS(=O)(=O)N1CCC1)c1cc(Cl)c(OCC23CC4CC(CC2C4)C3)cc1F. The minimum atomic E-state index is -3.95. The Kier molecular flexibility index (Phi) is 4.60. The average molecular weight is 443 g/mol. The molecule has 29 heavy (non-hydrogen) atoms. The molecule has 2 atom stereocenters. The van der Waals surface area contributed by atoms with E-state index in [4.69, 9.17) is 16.3 Å². The number of rotatable bonds is 6. The maximum atomic E-state index is 14.6. The summed E-state index contributed by atoms with van der Waals surface area (Å²) in [7, 11) is -3.95. The van der Waals surface area contributed by atoms with E-state index in [1.54, 1.807) is 0 Å². The van der Waals surface area contributed by atoms with Gasteiger partial charge in [-0.1, -0.05) is 11.6 Å². The van der Waals surface area contributed by atoms with Crippen molar-refractivity contribution < 1.29 is 22.3 Å². The zero-order valence-electron chi connectivity index (χ0n) is 16.0. The number of hydrogen-bond donors (Lipinski definition) is 1. The number of nitrogens with one attached hydrogen (secondary N) is 1. The smallest absolute Gasteiger partial charge is 0.304 e. The highest BCUT2D eigenvalue weighted by atomic mass is 35.5. The van der Waals surface area contributed by atoms with Crippen LogP contribution in [0.15, 0.2) is 12.1 Å². The van der Waals surface area contributed by atoms with Crippen LogP contribution in [0.5, 0.6) is 5.75 Å². The fourth-order valence-electron chi connectivity index (χ4n) is 6.00. The quantitative estimate of drug-likeness (QED) is 0.732. The van der Waals surface area contributed by atoms with Crippen LogP contribution < -0.4 is 9.46 Å². The molecule has 6 rings (SSSR count). The molecule has 1 aliphatic heterocycles. The number of nitrogens with zero attached hydrogens (tertiary/aromatic N) is 1. The van der Waals surface area contributed by atoms with Gasteiger partial charge in [0.25, 0.3) is 5.91 Å². The topological polar surface area (TPSA) is 75.7 Å². The van der Waals surface area contributed by atoms with Crippen molar-refractivity contribution in [2.45, 2.75) is 38.5 Å². The first kappa shape index (κ1) is 19.6. The van der Waals surface area contributed by atoms with Crippen molar-refractivity contribution in [1.82, 2.24) is 9.03 Å². The van der Waals surface area contributed by atoms with Crippen molar-refractivity contribution >= 4 is 27.7 Å². The zero-order chi connectivity index (χ0) is 20.4. The largest absolute Gasteiger partial charge is 0.491 e. The van der Waals surface area contributed by atoms with Gasteiger partial charge in [0, 0.05) is 24.6 Å². The minimum absolute atomic E-state index is 0.104. The van der Waals surface area contributed by atoms with Crippen molar-refractivity contribution in [3.8, 4) is 5.75 Å². The van der Waals surface area contributed by atoms with E-state index in [1.165, 1.54) is 32.1 Å². The van der Waals surface area contributed by atoms with Crippen molar-refractivity contribution in [1.29, 1.82) is 0 Å². The molecule has 6 nitrogen and oxygen atoms in total. The highest BCUT2D eigenvalue weighted by Crippen LogP contribution is 2.65. The maximum absolute atomic E-state index is 14.6. The monoisotopic (exact) mass is 442 g/mol. The van der Waals surface area contributed by atoms with E-state index in [0.29, 0.717) is 25.6 Å². The predicted molar refractivity (Wildman–Crippen MR) is 105 cm³/mol. The molecule has 5 aliphatic rings. The van der Waals surface area contributed by atoms with E-state index < -0.39 is 27.5 Å². The van der Waals surface area contributed by atoms with Gasteiger partial charge < -0.3 is 4.74 Å². The Morgan fingerprint density at radius 2 is 1.93 bits per heavy atom. The molecule has 1 heterocycles. The van der Waals surface area contributed by atoms with E-state index in [0.717, 1.165) is 34.7 Å². The summed E-state index contributed by atoms with van der Waals surface area (Å²) in [6, 6.07) is 2.23. The molecule has 9 heteroatoms. The maximum Gasteiger partial charge on any atom is 0.304 e. The third-order valence-electron chi connectivity index (χ3n) is 7.32. The first-order valence-electron chi connectivity index (χ1n) is 10.2.